The molecule has 0 unspecified atom stereocenters. The van der Waals surface area contributed by atoms with Crippen molar-refractivity contribution in [3.8, 4) is 11.8 Å². The molecule has 4 heteroatoms. The maximum absolute atomic E-state index is 12.3. The summed E-state index contributed by atoms with van der Waals surface area (Å²) in [6.45, 7) is 3.92. The van der Waals surface area contributed by atoms with E-state index in [0.29, 0.717) is 5.69 Å². The van der Waals surface area contributed by atoms with Crippen LogP contribution < -0.4 is 10.1 Å². The summed E-state index contributed by atoms with van der Waals surface area (Å²) in [5.41, 5.74) is 3.60. The Bertz CT molecular complexity index is 764. The van der Waals surface area contributed by atoms with Gasteiger partial charge in [0.05, 0.1) is 7.11 Å². The van der Waals surface area contributed by atoms with Crippen molar-refractivity contribution in [2.75, 3.05) is 12.4 Å². The third-order valence-electron chi connectivity index (χ3n) is 3.27. The Morgan fingerprint density at radius 2 is 1.74 bits per heavy atom. The number of carbonyl (C=O) groups is 1. The molecule has 2 aromatic carbocycles. The van der Waals surface area contributed by atoms with Crippen molar-refractivity contribution in [3.63, 3.8) is 0 Å². The first-order chi connectivity index (χ1) is 11.0. The number of ether oxygens (including phenoxy) is 1. The average Bonchev–Trinajstić information content (AvgIpc) is 2.52. The predicted molar refractivity (Wildman–Crippen MR) is 91.1 cm³/mol. The van der Waals surface area contributed by atoms with Crippen molar-refractivity contribution >= 4 is 17.7 Å². The summed E-state index contributed by atoms with van der Waals surface area (Å²) in [5, 5.41) is 12.0. The first-order valence-corrected chi connectivity index (χ1v) is 7.17. The van der Waals surface area contributed by atoms with Crippen molar-refractivity contribution in [2.45, 2.75) is 13.8 Å². The lowest BCUT2D eigenvalue weighted by molar-refractivity contribution is -0.112. The second-order valence-electron chi connectivity index (χ2n) is 5.27. The highest BCUT2D eigenvalue weighted by molar-refractivity contribution is 6.09. The standard InChI is InChI=1S/C19H18N2O2/c1-13-8-14(2)10-17(9-13)21-19(22)16(12-20)11-15-4-6-18(23-3)7-5-15/h4-11H,1-3H3,(H,21,22)/b16-11-. The Labute approximate surface area is 136 Å². The zero-order valence-electron chi connectivity index (χ0n) is 13.4. The number of nitrogens with zero attached hydrogens (tertiary/aromatic N) is 1. The van der Waals surface area contributed by atoms with Crippen molar-refractivity contribution in [2.24, 2.45) is 0 Å². The van der Waals surface area contributed by atoms with E-state index in [9.17, 15) is 10.1 Å². The fourth-order valence-electron chi connectivity index (χ4n) is 2.26. The van der Waals surface area contributed by atoms with E-state index >= 15 is 0 Å². The van der Waals surface area contributed by atoms with Gasteiger partial charge >= 0.3 is 0 Å². The van der Waals surface area contributed by atoms with Crippen LogP contribution in [-0.2, 0) is 4.79 Å². The van der Waals surface area contributed by atoms with Gasteiger partial charge in [-0.3, -0.25) is 4.79 Å². The molecule has 0 fully saturated rings. The van der Waals surface area contributed by atoms with E-state index in [2.05, 4.69) is 5.32 Å². The molecule has 1 amide bonds. The maximum atomic E-state index is 12.3. The lowest BCUT2D eigenvalue weighted by atomic mass is 10.1. The Kier molecular flexibility index (Phi) is 5.16. The highest BCUT2D eigenvalue weighted by Gasteiger charge is 2.10. The van der Waals surface area contributed by atoms with Gasteiger partial charge in [-0.15, -0.1) is 0 Å². The molecule has 1 N–H and O–H groups in total. The molecule has 0 atom stereocenters. The molecule has 2 rings (SSSR count). The number of rotatable bonds is 4. The number of methoxy groups -OCH3 is 1. The minimum absolute atomic E-state index is 0.0503. The second kappa shape index (κ2) is 7.28. The van der Waals surface area contributed by atoms with Crippen LogP contribution in [0.15, 0.2) is 48.0 Å². The Morgan fingerprint density at radius 1 is 1.13 bits per heavy atom. The van der Waals surface area contributed by atoms with Crippen molar-refractivity contribution < 1.29 is 9.53 Å². The Morgan fingerprint density at radius 3 is 2.26 bits per heavy atom. The molecular weight excluding hydrogens is 288 g/mol. The van der Waals surface area contributed by atoms with Crippen LogP contribution in [0.2, 0.25) is 0 Å². The summed E-state index contributed by atoms with van der Waals surface area (Å²) in [4.78, 5) is 12.3. The number of amides is 1. The highest BCUT2D eigenvalue weighted by atomic mass is 16.5. The number of anilines is 1. The second-order valence-corrected chi connectivity index (χ2v) is 5.27. The Hall–Kier alpha value is -3.06. The number of nitriles is 1. The molecule has 0 aromatic heterocycles. The van der Waals surface area contributed by atoms with Gasteiger partial charge in [0.25, 0.3) is 5.91 Å². The smallest absolute Gasteiger partial charge is 0.266 e. The molecule has 0 saturated heterocycles. The summed E-state index contributed by atoms with van der Waals surface area (Å²) < 4.78 is 5.08. The quantitative estimate of drug-likeness (QED) is 0.689. The lowest BCUT2D eigenvalue weighted by Gasteiger charge is -2.07. The van der Waals surface area contributed by atoms with Gasteiger partial charge in [-0.05, 0) is 60.9 Å². The molecule has 0 aliphatic carbocycles. The number of hydrogen-bond acceptors (Lipinski definition) is 3. The van der Waals surface area contributed by atoms with Crippen molar-refractivity contribution in [3.05, 3.63) is 64.7 Å². The molecule has 2 aromatic rings. The first-order valence-electron chi connectivity index (χ1n) is 7.17. The van der Waals surface area contributed by atoms with Gasteiger partial charge in [0.1, 0.15) is 17.4 Å². The molecule has 0 saturated carbocycles. The van der Waals surface area contributed by atoms with E-state index in [-0.39, 0.29) is 5.57 Å². The molecule has 0 heterocycles. The van der Waals surface area contributed by atoms with Gasteiger partial charge in [-0.25, -0.2) is 0 Å². The van der Waals surface area contributed by atoms with E-state index in [1.165, 1.54) is 0 Å². The van der Waals surface area contributed by atoms with Gasteiger partial charge in [-0.2, -0.15) is 5.26 Å². The zero-order valence-corrected chi connectivity index (χ0v) is 13.4. The third-order valence-corrected chi connectivity index (χ3v) is 3.27. The third kappa shape index (κ3) is 4.45. The molecule has 0 aliphatic rings. The van der Waals surface area contributed by atoms with E-state index < -0.39 is 5.91 Å². The number of hydrogen-bond donors (Lipinski definition) is 1. The van der Waals surface area contributed by atoms with E-state index in [1.807, 2.05) is 38.1 Å². The summed E-state index contributed by atoms with van der Waals surface area (Å²) in [6.07, 6.45) is 1.55. The van der Waals surface area contributed by atoms with Crippen molar-refractivity contribution in [1.82, 2.24) is 0 Å². The van der Waals surface area contributed by atoms with Crippen LogP contribution in [0.5, 0.6) is 5.75 Å². The van der Waals surface area contributed by atoms with Crippen LogP contribution in [0, 0.1) is 25.2 Å². The van der Waals surface area contributed by atoms with E-state index in [4.69, 9.17) is 4.74 Å². The van der Waals surface area contributed by atoms with Crippen LogP contribution in [0.1, 0.15) is 16.7 Å². The summed E-state index contributed by atoms with van der Waals surface area (Å²) in [5.74, 6) is 0.300. The number of benzene rings is 2. The molecule has 0 aliphatic heterocycles. The zero-order chi connectivity index (χ0) is 16.8. The highest BCUT2D eigenvalue weighted by Crippen LogP contribution is 2.17. The van der Waals surface area contributed by atoms with Crippen LogP contribution in [0.3, 0.4) is 0 Å². The normalized spacial score (nSPS) is 10.8. The SMILES string of the molecule is COc1ccc(/C=C(/C#N)C(=O)Nc2cc(C)cc(C)c2)cc1. The van der Waals surface area contributed by atoms with Gasteiger partial charge in [0, 0.05) is 5.69 Å². The van der Waals surface area contributed by atoms with Crippen LogP contribution in [-0.4, -0.2) is 13.0 Å². The fraction of sp³-hybridized carbons (Fsp3) is 0.158. The van der Waals surface area contributed by atoms with Crippen LogP contribution in [0.4, 0.5) is 5.69 Å². The van der Waals surface area contributed by atoms with Crippen LogP contribution >= 0.6 is 0 Å². The molecule has 23 heavy (non-hydrogen) atoms. The first kappa shape index (κ1) is 16.3. The predicted octanol–water partition coefficient (Wildman–Crippen LogP) is 3.86. The maximum Gasteiger partial charge on any atom is 0.266 e. The Balaban J connectivity index is 2.20. The van der Waals surface area contributed by atoms with Gasteiger partial charge < -0.3 is 10.1 Å². The minimum Gasteiger partial charge on any atom is -0.497 e. The molecule has 0 radical (unpaired) electrons. The largest absolute Gasteiger partial charge is 0.497 e. The van der Waals surface area contributed by atoms with E-state index in [1.54, 1.807) is 37.5 Å². The summed E-state index contributed by atoms with van der Waals surface area (Å²) in [7, 11) is 1.59. The lowest BCUT2D eigenvalue weighted by Crippen LogP contribution is -2.13. The topological polar surface area (TPSA) is 62.1 Å². The van der Waals surface area contributed by atoms with Gasteiger partial charge in [-0.1, -0.05) is 18.2 Å². The molecule has 4 nitrogen and oxygen atoms in total. The van der Waals surface area contributed by atoms with Crippen molar-refractivity contribution in [1.29, 1.82) is 5.26 Å². The molecule has 116 valence electrons. The minimum atomic E-state index is -0.423. The van der Waals surface area contributed by atoms with E-state index in [0.717, 1.165) is 22.4 Å². The molecule has 0 bridgehead atoms. The number of carbonyl (C=O) groups excluding carboxylic acids is 1. The number of nitrogens with one attached hydrogen (secondary N) is 1. The molecular formula is C19H18N2O2. The number of aryl methyl sites for hydroxylation is 2. The molecule has 0 spiro atoms. The monoisotopic (exact) mass is 306 g/mol. The fourth-order valence-corrected chi connectivity index (χ4v) is 2.26. The summed E-state index contributed by atoms with van der Waals surface area (Å²) in [6, 6.07) is 14.8. The summed E-state index contributed by atoms with van der Waals surface area (Å²) >= 11 is 0. The van der Waals surface area contributed by atoms with Gasteiger partial charge in [0.2, 0.25) is 0 Å². The van der Waals surface area contributed by atoms with Gasteiger partial charge in [0.15, 0.2) is 0 Å². The average molecular weight is 306 g/mol. The van der Waals surface area contributed by atoms with Crippen LogP contribution in [0.25, 0.3) is 6.08 Å².